The van der Waals surface area contributed by atoms with E-state index in [1.165, 1.54) is 12.3 Å². The van der Waals surface area contributed by atoms with Gasteiger partial charge in [0.2, 0.25) is 0 Å². The van der Waals surface area contributed by atoms with Crippen molar-refractivity contribution >= 4 is 44.1 Å². The highest BCUT2D eigenvalue weighted by atomic mass is 79.9. The van der Waals surface area contributed by atoms with Crippen LogP contribution >= 0.6 is 31.9 Å². The molecule has 0 saturated carbocycles. The van der Waals surface area contributed by atoms with Gasteiger partial charge < -0.3 is 15.9 Å². The van der Waals surface area contributed by atoms with Gasteiger partial charge in [0.15, 0.2) is 0 Å². The minimum absolute atomic E-state index is 0.127. The highest BCUT2D eigenvalue weighted by Crippen LogP contribution is 2.40. The first-order valence-corrected chi connectivity index (χ1v) is 5.50. The lowest BCUT2D eigenvalue weighted by molar-refractivity contribution is 0.249. The number of urea groups is 1. The number of phenols is 2. The average Bonchev–Trinajstić information content (AvgIpc) is 2.22. The fourth-order valence-corrected chi connectivity index (χ4v) is 2.03. The Hall–Kier alpha value is -1.28. The topological polar surface area (TPSA) is 108 Å². The Balaban J connectivity index is 3.06. The van der Waals surface area contributed by atoms with Crippen molar-refractivity contribution in [2.24, 2.45) is 10.8 Å². The molecule has 0 aliphatic heterocycles. The first-order valence-electron chi connectivity index (χ1n) is 3.92. The summed E-state index contributed by atoms with van der Waals surface area (Å²) in [5.41, 5.74) is 7.07. The van der Waals surface area contributed by atoms with E-state index in [0.717, 1.165) is 0 Å². The fraction of sp³-hybridized carbons (Fsp3) is 0. The lowest BCUT2D eigenvalue weighted by Gasteiger charge is -2.05. The molecule has 0 heterocycles. The lowest BCUT2D eigenvalue weighted by atomic mass is 10.2. The number of carbonyl (C=O) groups is 1. The van der Waals surface area contributed by atoms with Crippen LogP contribution in [0, 0.1) is 0 Å². The van der Waals surface area contributed by atoms with Gasteiger partial charge >= 0.3 is 6.03 Å². The van der Waals surface area contributed by atoms with Crippen LogP contribution in [0.25, 0.3) is 0 Å². The number of phenolic OH excluding ortho intramolecular Hbond substituents is 2. The van der Waals surface area contributed by atoms with E-state index in [0.29, 0.717) is 10.0 Å². The molecule has 0 spiro atoms. The van der Waals surface area contributed by atoms with Crippen LogP contribution in [0.1, 0.15) is 5.56 Å². The first-order chi connectivity index (χ1) is 7.43. The highest BCUT2D eigenvalue weighted by Gasteiger charge is 2.12. The smallest absolute Gasteiger partial charge is 0.332 e. The van der Waals surface area contributed by atoms with Crippen molar-refractivity contribution < 1.29 is 15.0 Å². The van der Waals surface area contributed by atoms with Crippen LogP contribution in [-0.4, -0.2) is 22.5 Å². The van der Waals surface area contributed by atoms with Crippen molar-refractivity contribution in [2.45, 2.75) is 0 Å². The fourth-order valence-electron chi connectivity index (χ4n) is 0.881. The molecule has 0 aliphatic carbocycles. The summed E-state index contributed by atoms with van der Waals surface area (Å²) < 4.78 is 0.500. The number of carbonyl (C=O) groups excluding carboxylic acids is 1. The normalized spacial score (nSPS) is 10.6. The largest absolute Gasteiger partial charge is 0.506 e. The summed E-state index contributed by atoms with van der Waals surface area (Å²) in [6.45, 7) is 0. The second-order valence-corrected chi connectivity index (χ2v) is 4.34. The first kappa shape index (κ1) is 12.8. The number of hydrogen-bond acceptors (Lipinski definition) is 4. The number of primary amides is 1. The van der Waals surface area contributed by atoms with Gasteiger partial charge in [-0.05, 0) is 37.9 Å². The van der Waals surface area contributed by atoms with Crippen molar-refractivity contribution in [1.82, 2.24) is 5.43 Å². The molecule has 1 rings (SSSR count). The third-order valence-electron chi connectivity index (χ3n) is 1.58. The molecule has 0 radical (unpaired) electrons. The molecule has 0 unspecified atom stereocenters. The number of hydrogen-bond donors (Lipinski definition) is 4. The number of halogens is 2. The van der Waals surface area contributed by atoms with Crippen LogP contribution in [0.5, 0.6) is 11.5 Å². The average molecular weight is 353 g/mol. The Morgan fingerprint density at radius 1 is 1.44 bits per heavy atom. The predicted octanol–water partition coefficient (Wildman–Crippen LogP) is 1.62. The summed E-state index contributed by atoms with van der Waals surface area (Å²) in [5, 5.41) is 22.5. The van der Waals surface area contributed by atoms with E-state index >= 15 is 0 Å². The zero-order chi connectivity index (χ0) is 12.3. The Kier molecular flexibility index (Phi) is 4.13. The predicted molar refractivity (Wildman–Crippen MR) is 65.5 cm³/mol. The summed E-state index contributed by atoms with van der Waals surface area (Å²) in [4.78, 5) is 10.3. The molecule has 0 aromatic heterocycles. The molecule has 2 amide bonds. The molecule has 1 aromatic rings. The molecular weight excluding hydrogens is 346 g/mol. The van der Waals surface area contributed by atoms with E-state index in [1.807, 2.05) is 5.43 Å². The van der Waals surface area contributed by atoms with Gasteiger partial charge in [0.05, 0.1) is 10.7 Å². The number of hydrazone groups is 1. The van der Waals surface area contributed by atoms with E-state index in [2.05, 4.69) is 37.0 Å². The summed E-state index contributed by atoms with van der Waals surface area (Å²) >= 11 is 6.08. The van der Waals surface area contributed by atoms with Crippen molar-refractivity contribution in [3.05, 3.63) is 20.6 Å². The second-order valence-electron chi connectivity index (χ2n) is 2.69. The molecule has 1 aromatic carbocycles. The molecular formula is C8H7Br2N3O3. The van der Waals surface area contributed by atoms with Crippen molar-refractivity contribution in [1.29, 1.82) is 0 Å². The van der Waals surface area contributed by atoms with Crippen LogP contribution < -0.4 is 11.2 Å². The van der Waals surface area contributed by atoms with Gasteiger partial charge in [0.1, 0.15) is 16.0 Å². The van der Waals surface area contributed by atoms with E-state index in [9.17, 15) is 15.0 Å². The van der Waals surface area contributed by atoms with Crippen molar-refractivity contribution in [2.75, 3.05) is 0 Å². The molecule has 8 heteroatoms. The summed E-state index contributed by atoms with van der Waals surface area (Å²) in [6.07, 6.45) is 1.19. The zero-order valence-electron chi connectivity index (χ0n) is 7.74. The number of amides is 2. The number of rotatable bonds is 2. The molecule has 5 N–H and O–H groups in total. The molecule has 86 valence electrons. The van der Waals surface area contributed by atoms with E-state index in [-0.39, 0.29) is 16.0 Å². The Morgan fingerprint density at radius 3 is 2.62 bits per heavy atom. The van der Waals surface area contributed by atoms with Gasteiger partial charge in [-0.3, -0.25) is 0 Å². The van der Waals surface area contributed by atoms with E-state index < -0.39 is 6.03 Å². The lowest BCUT2D eigenvalue weighted by Crippen LogP contribution is -2.24. The molecule has 0 fully saturated rings. The maximum Gasteiger partial charge on any atom is 0.332 e. The molecule has 0 saturated heterocycles. The minimum atomic E-state index is -0.812. The summed E-state index contributed by atoms with van der Waals surface area (Å²) in [5.74, 6) is -0.326. The molecule has 16 heavy (non-hydrogen) atoms. The summed E-state index contributed by atoms with van der Waals surface area (Å²) in [6, 6.07) is 0.620. The van der Waals surface area contributed by atoms with Crippen LogP contribution in [0.2, 0.25) is 0 Å². The van der Waals surface area contributed by atoms with Crippen LogP contribution in [0.3, 0.4) is 0 Å². The number of nitrogens with two attached hydrogens (primary N) is 1. The van der Waals surface area contributed by atoms with E-state index in [4.69, 9.17) is 5.73 Å². The Labute approximate surface area is 107 Å². The maximum absolute atomic E-state index is 10.3. The Morgan fingerprint density at radius 2 is 2.06 bits per heavy atom. The molecule has 0 bridgehead atoms. The number of nitrogens with zero attached hydrogens (tertiary/aromatic N) is 1. The number of aromatic hydroxyl groups is 2. The quantitative estimate of drug-likeness (QED) is 0.479. The third kappa shape index (κ3) is 2.86. The number of benzene rings is 1. The van der Waals surface area contributed by atoms with Gasteiger partial charge in [-0.25, -0.2) is 10.2 Å². The van der Waals surface area contributed by atoms with Gasteiger partial charge in [0, 0.05) is 5.56 Å². The van der Waals surface area contributed by atoms with Crippen molar-refractivity contribution in [3.8, 4) is 11.5 Å². The van der Waals surface area contributed by atoms with Gasteiger partial charge in [-0.2, -0.15) is 5.10 Å². The third-order valence-corrected chi connectivity index (χ3v) is 2.93. The second kappa shape index (κ2) is 5.17. The Bertz CT molecular complexity index is 462. The van der Waals surface area contributed by atoms with Crippen LogP contribution in [0.15, 0.2) is 20.1 Å². The maximum atomic E-state index is 10.3. The molecule has 6 nitrogen and oxygen atoms in total. The highest BCUT2D eigenvalue weighted by molar-refractivity contribution is 9.11. The monoisotopic (exact) mass is 351 g/mol. The molecule has 0 aliphatic rings. The van der Waals surface area contributed by atoms with Gasteiger partial charge in [0.25, 0.3) is 0 Å². The standard InChI is InChI=1S/C8H7Br2N3O3/c9-4-1-3(2-12-13-8(11)16)6(14)5(10)7(4)15/h1-2,14-15H,(H3,11,13,16)/b12-2+. The zero-order valence-corrected chi connectivity index (χ0v) is 10.9. The SMILES string of the molecule is NC(=O)N/N=C/c1cc(Br)c(O)c(Br)c1O. The molecule has 0 atom stereocenters. The van der Waals surface area contributed by atoms with E-state index in [1.54, 1.807) is 0 Å². The minimum Gasteiger partial charge on any atom is -0.506 e. The van der Waals surface area contributed by atoms with Gasteiger partial charge in [-0.15, -0.1) is 0 Å². The van der Waals surface area contributed by atoms with Gasteiger partial charge in [-0.1, -0.05) is 0 Å². The summed E-state index contributed by atoms with van der Waals surface area (Å²) in [7, 11) is 0. The van der Waals surface area contributed by atoms with Crippen LogP contribution in [-0.2, 0) is 0 Å². The number of nitrogens with one attached hydrogen (secondary N) is 1. The van der Waals surface area contributed by atoms with Crippen LogP contribution in [0.4, 0.5) is 4.79 Å². The van der Waals surface area contributed by atoms with Crippen molar-refractivity contribution in [3.63, 3.8) is 0 Å².